The van der Waals surface area contributed by atoms with E-state index in [4.69, 9.17) is 24.8 Å². The lowest BCUT2D eigenvalue weighted by atomic mass is 10.0. The van der Waals surface area contributed by atoms with Crippen molar-refractivity contribution in [1.82, 2.24) is 0 Å². The molecule has 13 heteroatoms. The Morgan fingerprint density at radius 2 is 1.08 bits per heavy atom. The van der Waals surface area contributed by atoms with Crippen LogP contribution in [0.5, 0.6) is 0 Å². The standard InChI is InChI=1S/C46H78NO11P/c1-3-5-7-9-11-13-15-17-19-21-22-24-26-28-30-32-34-41(48)36-37-44(49)55-38-42(39-56-59(53,54)57-40-43(47)46(51)52)58-45(50)35-33-31-29-27-25-23-20-18-16-14-12-10-8-6-4-2/h5,7,11,13,17,19,22,24,28,30,32,34,41-43,48H,3-4,6,8-10,12,14-16,18,20-21,23,25-27,29,31,33,35-40,47H2,1-2H3,(H,51,52)(H,53,54)/b7-5-,13-11-,19-17-,24-22-,30-28-,34-32-/t41?,42-,43+/m1/s1. The van der Waals surface area contributed by atoms with Crippen molar-refractivity contribution < 1.29 is 52.6 Å². The normalized spacial score (nSPS) is 14.9. The van der Waals surface area contributed by atoms with Crippen LogP contribution in [0, 0.1) is 0 Å². The zero-order valence-electron chi connectivity index (χ0n) is 36.2. The van der Waals surface area contributed by atoms with E-state index in [1.165, 1.54) is 70.6 Å². The quantitative estimate of drug-likeness (QED) is 0.0150. The molecule has 0 heterocycles. The topological polar surface area (TPSA) is 192 Å². The molecule has 0 bridgehead atoms. The van der Waals surface area contributed by atoms with Gasteiger partial charge in [0.15, 0.2) is 6.10 Å². The molecule has 0 amide bonds. The number of rotatable bonds is 40. The summed E-state index contributed by atoms with van der Waals surface area (Å²) in [4.78, 5) is 46.0. The van der Waals surface area contributed by atoms with Gasteiger partial charge in [-0.1, -0.05) is 177 Å². The monoisotopic (exact) mass is 852 g/mol. The van der Waals surface area contributed by atoms with Crippen LogP contribution in [0.15, 0.2) is 72.9 Å². The van der Waals surface area contributed by atoms with Crippen molar-refractivity contribution in [3.63, 3.8) is 0 Å². The van der Waals surface area contributed by atoms with Crippen LogP contribution in [0.25, 0.3) is 0 Å². The number of aliphatic hydroxyl groups is 1. The zero-order chi connectivity index (χ0) is 43.7. The summed E-state index contributed by atoms with van der Waals surface area (Å²) in [6.07, 6.45) is 44.4. The van der Waals surface area contributed by atoms with Crippen LogP contribution in [0.1, 0.15) is 162 Å². The van der Waals surface area contributed by atoms with E-state index in [1.807, 2.05) is 12.2 Å². The predicted molar refractivity (Wildman–Crippen MR) is 237 cm³/mol. The highest BCUT2D eigenvalue weighted by atomic mass is 31.2. The van der Waals surface area contributed by atoms with Gasteiger partial charge in [-0.2, -0.15) is 0 Å². The van der Waals surface area contributed by atoms with Crippen LogP contribution < -0.4 is 5.73 Å². The fourth-order valence-corrected chi connectivity index (χ4v) is 6.36. The Kier molecular flexibility index (Phi) is 38.2. The summed E-state index contributed by atoms with van der Waals surface area (Å²) in [5.74, 6) is -2.69. The minimum absolute atomic E-state index is 0.0870. The van der Waals surface area contributed by atoms with Crippen molar-refractivity contribution in [2.24, 2.45) is 5.73 Å². The lowest BCUT2D eigenvalue weighted by Crippen LogP contribution is -2.34. The number of phosphoric acid groups is 1. The summed E-state index contributed by atoms with van der Waals surface area (Å²) >= 11 is 0. The number of hydrogen-bond donors (Lipinski definition) is 4. The van der Waals surface area contributed by atoms with Gasteiger partial charge in [-0.05, 0) is 44.9 Å². The number of hydrogen-bond acceptors (Lipinski definition) is 10. The molecule has 338 valence electrons. The highest BCUT2D eigenvalue weighted by Crippen LogP contribution is 2.43. The molecular weight excluding hydrogens is 773 g/mol. The molecule has 0 rings (SSSR count). The molecule has 0 radical (unpaired) electrons. The summed E-state index contributed by atoms with van der Waals surface area (Å²) in [7, 11) is -4.77. The van der Waals surface area contributed by atoms with Crippen LogP contribution in [0.2, 0.25) is 0 Å². The fourth-order valence-electron chi connectivity index (χ4n) is 5.59. The minimum Gasteiger partial charge on any atom is -0.480 e. The molecule has 0 fully saturated rings. The Bertz CT molecular complexity index is 1290. The molecular formula is C46H78NO11P. The maximum atomic E-state index is 12.6. The highest BCUT2D eigenvalue weighted by Gasteiger charge is 2.28. The number of carbonyl (C=O) groups excluding carboxylic acids is 2. The van der Waals surface area contributed by atoms with E-state index in [1.54, 1.807) is 12.2 Å². The number of nitrogens with two attached hydrogens (primary N) is 1. The second-order valence-electron chi connectivity index (χ2n) is 14.7. The summed E-state index contributed by atoms with van der Waals surface area (Å²) in [5.41, 5.74) is 5.32. The molecule has 0 saturated heterocycles. The molecule has 0 spiro atoms. The Morgan fingerprint density at radius 3 is 1.59 bits per heavy atom. The average molecular weight is 852 g/mol. The molecule has 0 aliphatic carbocycles. The first-order chi connectivity index (χ1) is 28.5. The van der Waals surface area contributed by atoms with Gasteiger partial charge in [0.25, 0.3) is 0 Å². The van der Waals surface area contributed by atoms with E-state index in [2.05, 4.69) is 67.0 Å². The van der Waals surface area contributed by atoms with Gasteiger partial charge in [0.1, 0.15) is 12.6 Å². The first kappa shape index (κ1) is 55.9. The second kappa shape index (κ2) is 40.3. The number of aliphatic carboxylic acids is 1. The number of phosphoric ester groups is 1. The number of carbonyl (C=O) groups is 3. The van der Waals surface area contributed by atoms with E-state index in [0.29, 0.717) is 6.42 Å². The van der Waals surface area contributed by atoms with Crippen LogP contribution in [-0.4, -0.2) is 71.1 Å². The molecule has 0 aromatic rings. The third-order valence-corrected chi connectivity index (χ3v) is 10.0. The van der Waals surface area contributed by atoms with Crippen molar-refractivity contribution in [2.75, 3.05) is 19.8 Å². The number of allylic oxidation sites excluding steroid dienone is 11. The molecule has 0 saturated carbocycles. The largest absolute Gasteiger partial charge is 0.480 e. The van der Waals surface area contributed by atoms with Crippen molar-refractivity contribution >= 4 is 25.7 Å². The zero-order valence-corrected chi connectivity index (χ0v) is 37.1. The second-order valence-corrected chi connectivity index (χ2v) is 16.1. The van der Waals surface area contributed by atoms with Gasteiger partial charge in [0.05, 0.1) is 19.3 Å². The van der Waals surface area contributed by atoms with Crippen molar-refractivity contribution in [3.8, 4) is 0 Å². The van der Waals surface area contributed by atoms with Gasteiger partial charge < -0.3 is 30.3 Å². The lowest BCUT2D eigenvalue weighted by Gasteiger charge is -2.20. The molecule has 2 unspecified atom stereocenters. The number of aliphatic hydroxyl groups excluding tert-OH is 1. The number of esters is 2. The van der Waals surface area contributed by atoms with Crippen molar-refractivity contribution in [3.05, 3.63) is 72.9 Å². The smallest absolute Gasteiger partial charge is 0.472 e. The first-order valence-corrected chi connectivity index (χ1v) is 23.6. The molecule has 59 heavy (non-hydrogen) atoms. The van der Waals surface area contributed by atoms with Crippen LogP contribution >= 0.6 is 7.82 Å². The molecule has 0 aliphatic heterocycles. The summed E-state index contributed by atoms with van der Waals surface area (Å²) in [6, 6.07) is -1.55. The van der Waals surface area contributed by atoms with E-state index < -0.39 is 63.8 Å². The van der Waals surface area contributed by atoms with Gasteiger partial charge in [-0.15, -0.1) is 0 Å². The van der Waals surface area contributed by atoms with Gasteiger partial charge in [0, 0.05) is 12.8 Å². The Balaban J connectivity index is 4.58. The van der Waals surface area contributed by atoms with Crippen molar-refractivity contribution in [1.29, 1.82) is 0 Å². The van der Waals surface area contributed by atoms with Gasteiger partial charge in [0.2, 0.25) is 0 Å². The van der Waals surface area contributed by atoms with E-state index in [-0.39, 0.29) is 19.3 Å². The van der Waals surface area contributed by atoms with Crippen LogP contribution in [0.4, 0.5) is 0 Å². The number of carboxylic acids is 1. The third-order valence-electron chi connectivity index (χ3n) is 9.09. The van der Waals surface area contributed by atoms with E-state index >= 15 is 0 Å². The van der Waals surface area contributed by atoms with Gasteiger partial charge in [-0.25, -0.2) is 4.57 Å². The van der Waals surface area contributed by atoms with E-state index in [0.717, 1.165) is 51.4 Å². The Hall–Kier alpha value is -3.12. The Morgan fingerprint density at radius 1 is 0.610 bits per heavy atom. The molecule has 0 aromatic heterocycles. The number of carboxylic acid groups (broad SMARTS) is 1. The highest BCUT2D eigenvalue weighted by molar-refractivity contribution is 7.47. The number of ether oxygens (including phenoxy) is 2. The lowest BCUT2D eigenvalue weighted by molar-refractivity contribution is -0.161. The summed E-state index contributed by atoms with van der Waals surface area (Å²) in [5, 5.41) is 19.2. The fraction of sp³-hybridized carbons (Fsp3) is 0.674. The van der Waals surface area contributed by atoms with Crippen LogP contribution in [-0.2, 0) is 37.5 Å². The predicted octanol–water partition coefficient (Wildman–Crippen LogP) is 10.7. The first-order valence-electron chi connectivity index (χ1n) is 22.1. The molecule has 4 atom stereocenters. The third kappa shape index (κ3) is 40.1. The summed E-state index contributed by atoms with van der Waals surface area (Å²) < 4.78 is 32.5. The minimum atomic E-state index is -4.77. The van der Waals surface area contributed by atoms with Crippen molar-refractivity contribution in [2.45, 2.75) is 180 Å². The number of unbranched alkanes of at least 4 members (excludes halogenated alkanes) is 14. The van der Waals surface area contributed by atoms with Crippen LogP contribution in [0.3, 0.4) is 0 Å². The average Bonchev–Trinajstić information content (AvgIpc) is 3.21. The SMILES string of the molecule is CC/C=C\C/C=C\C/C=C\C/C=C\C/C=C\C=C/C(O)CCC(=O)OC[C@H](COP(=O)(O)OC[C@H](N)C(=O)O)OC(=O)CCCCCCCCCCCCCCCCC. The van der Waals surface area contributed by atoms with Gasteiger partial charge >= 0.3 is 25.7 Å². The van der Waals surface area contributed by atoms with E-state index in [9.17, 15) is 28.9 Å². The molecule has 0 aromatic carbocycles. The maximum Gasteiger partial charge on any atom is 0.472 e. The maximum absolute atomic E-state index is 12.6. The Labute approximate surface area is 355 Å². The summed E-state index contributed by atoms with van der Waals surface area (Å²) in [6.45, 7) is 2.44. The molecule has 0 aliphatic rings. The molecule has 12 nitrogen and oxygen atoms in total. The molecule has 5 N–H and O–H groups in total. The van der Waals surface area contributed by atoms with Gasteiger partial charge in [-0.3, -0.25) is 23.4 Å².